The third-order valence-electron chi connectivity index (χ3n) is 3.67. The molecule has 1 N–H and O–H groups in total. The lowest BCUT2D eigenvalue weighted by Crippen LogP contribution is -2.19. The highest BCUT2D eigenvalue weighted by Gasteiger charge is 2.20. The predicted octanol–water partition coefficient (Wildman–Crippen LogP) is 4.36. The molecule has 0 saturated heterocycles. The number of hydrogen-bond acceptors (Lipinski definition) is 3. The van der Waals surface area contributed by atoms with Crippen molar-refractivity contribution in [1.29, 1.82) is 0 Å². The van der Waals surface area contributed by atoms with Crippen LogP contribution in [0.4, 0.5) is 5.69 Å². The summed E-state index contributed by atoms with van der Waals surface area (Å²) in [7, 11) is 1.55. The number of hydrogen-bond donors (Lipinski definition) is 1. The molecule has 1 aromatic carbocycles. The second-order valence-electron chi connectivity index (χ2n) is 5.26. The number of nitrogens with zero attached hydrogens (tertiary/aromatic N) is 1. The van der Waals surface area contributed by atoms with Crippen LogP contribution in [0, 0.1) is 0 Å². The minimum atomic E-state index is -0.205. The lowest BCUT2D eigenvalue weighted by atomic mass is 10.1. The molecule has 6 heteroatoms. The molecule has 0 fully saturated rings. The zero-order chi connectivity index (χ0) is 16.9. The van der Waals surface area contributed by atoms with Gasteiger partial charge in [-0.1, -0.05) is 11.6 Å². The van der Waals surface area contributed by atoms with Gasteiger partial charge in [0.25, 0.3) is 0 Å². The first-order chi connectivity index (χ1) is 11.7. The molecule has 124 valence electrons. The van der Waals surface area contributed by atoms with Crippen LogP contribution >= 0.6 is 11.6 Å². The lowest BCUT2D eigenvalue weighted by molar-refractivity contribution is -0.116. The Morgan fingerprint density at radius 1 is 1.29 bits per heavy atom. The molecule has 0 bridgehead atoms. The summed E-state index contributed by atoms with van der Waals surface area (Å²) in [4.78, 5) is 12.4. The van der Waals surface area contributed by atoms with Gasteiger partial charge in [0, 0.05) is 18.1 Å². The maximum absolute atomic E-state index is 12.4. The summed E-state index contributed by atoms with van der Waals surface area (Å²) in [5, 5.41) is 3.30. The Morgan fingerprint density at radius 2 is 2.08 bits per heavy atom. The van der Waals surface area contributed by atoms with Crippen LogP contribution in [0.2, 0.25) is 5.02 Å². The number of amides is 1. The first kappa shape index (κ1) is 16.2. The third kappa shape index (κ3) is 3.63. The highest BCUT2D eigenvalue weighted by Crippen LogP contribution is 2.28. The first-order valence-corrected chi connectivity index (χ1v) is 7.84. The van der Waals surface area contributed by atoms with Crippen molar-refractivity contribution >= 4 is 23.2 Å². The number of carbonyl (C=O) groups is 1. The second kappa shape index (κ2) is 7.27. The van der Waals surface area contributed by atoms with Gasteiger partial charge in [-0.05, 0) is 42.5 Å². The van der Waals surface area contributed by atoms with Crippen LogP contribution in [0.5, 0.6) is 5.75 Å². The Morgan fingerprint density at radius 3 is 2.71 bits per heavy atom. The van der Waals surface area contributed by atoms with Gasteiger partial charge in [-0.15, -0.1) is 0 Å². The number of methoxy groups -OCH3 is 1. The predicted molar refractivity (Wildman–Crippen MR) is 92.5 cm³/mol. The van der Waals surface area contributed by atoms with Crippen molar-refractivity contribution < 1.29 is 13.9 Å². The van der Waals surface area contributed by atoms with Gasteiger partial charge in [0.15, 0.2) is 0 Å². The lowest BCUT2D eigenvalue weighted by Gasteiger charge is -2.17. The highest BCUT2D eigenvalue weighted by atomic mass is 35.5. The molecule has 2 aromatic heterocycles. The van der Waals surface area contributed by atoms with Gasteiger partial charge in [-0.25, -0.2) is 0 Å². The molecule has 5 nitrogen and oxygen atoms in total. The number of benzene rings is 1. The van der Waals surface area contributed by atoms with Crippen LogP contribution < -0.4 is 10.1 Å². The van der Waals surface area contributed by atoms with Crippen molar-refractivity contribution in [2.75, 3.05) is 12.4 Å². The fourth-order valence-corrected chi connectivity index (χ4v) is 2.78. The number of anilines is 1. The van der Waals surface area contributed by atoms with Crippen LogP contribution in [-0.4, -0.2) is 17.6 Å². The minimum Gasteiger partial charge on any atom is -0.495 e. The normalized spacial score (nSPS) is 11.9. The maximum Gasteiger partial charge on any atom is 0.226 e. The Balaban J connectivity index is 1.73. The molecule has 24 heavy (non-hydrogen) atoms. The molecule has 0 aliphatic rings. The van der Waals surface area contributed by atoms with E-state index in [-0.39, 0.29) is 18.4 Å². The van der Waals surface area contributed by atoms with Crippen LogP contribution in [0.3, 0.4) is 0 Å². The fourth-order valence-electron chi connectivity index (χ4n) is 2.52. The van der Waals surface area contributed by atoms with E-state index < -0.39 is 0 Å². The van der Waals surface area contributed by atoms with Crippen LogP contribution in [-0.2, 0) is 4.79 Å². The summed E-state index contributed by atoms with van der Waals surface area (Å²) in [6, 6.07) is 12.4. The van der Waals surface area contributed by atoms with Crippen molar-refractivity contribution in [3.63, 3.8) is 0 Å². The minimum absolute atomic E-state index is 0.133. The molecule has 0 aliphatic heterocycles. The van der Waals surface area contributed by atoms with Gasteiger partial charge < -0.3 is 19.0 Å². The number of furan rings is 1. The SMILES string of the molecule is COc1ccc(NC(=O)C[C@H](c2ccco2)n2cccc2)cc1Cl. The van der Waals surface area contributed by atoms with E-state index >= 15 is 0 Å². The van der Waals surface area contributed by atoms with Gasteiger partial charge in [0.1, 0.15) is 11.5 Å². The van der Waals surface area contributed by atoms with Gasteiger partial charge in [-0.2, -0.15) is 0 Å². The van der Waals surface area contributed by atoms with Gasteiger partial charge >= 0.3 is 0 Å². The van der Waals surface area contributed by atoms with Crippen molar-refractivity contribution in [3.05, 3.63) is 71.9 Å². The largest absolute Gasteiger partial charge is 0.495 e. The molecule has 0 unspecified atom stereocenters. The Bertz CT molecular complexity index is 764. The molecule has 2 heterocycles. The molecule has 0 saturated carbocycles. The number of ether oxygens (including phenoxy) is 1. The number of carbonyl (C=O) groups excluding carboxylic acids is 1. The summed E-state index contributed by atoms with van der Waals surface area (Å²) in [5.74, 6) is 1.16. The third-order valence-corrected chi connectivity index (χ3v) is 3.97. The standard InChI is InChI=1S/C18H17ClN2O3/c1-23-16-7-6-13(11-14(16)19)20-18(22)12-15(17-5-4-10-24-17)21-8-2-3-9-21/h2-11,15H,12H2,1H3,(H,20,22)/t15-/m1/s1. The maximum atomic E-state index is 12.4. The van der Waals surface area contributed by atoms with Crippen LogP contribution in [0.15, 0.2) is 65.5 Å². The van der Waals surface area contributed by atoms with E-state index in [4.69, 9.17) is 20.8 Å². The zero-order valence-electron chi connectivity index (χ0n) is 13.1. The number of rotatable bonds is 6. The fraction of sp³-hybridized carbons (Fsp3) is 0.167. The molecule has 3 rings (SSSR count). The number of aromatic nitrogens is 1. The number of nitrogens with one attached hydrogen (secondary N) is 1. The Labute approximate surface area is 144 Å². The van der Waals surface area contributed by atoms with Crippen molar-refractivity contribution in [1.82, 2.24) is 4.57 Å². The van der Waals surface area contributed by atoms with Gasteiger partial charge in [-0.3, -0.25) is 4.79 Å². The van der Waals surface area contributed by atoms with Crippen LogP contribution in [0.1, 0.15) is 18.2 Å². The number of halogens is 1. The molecular weight excluding hydrogens is 328 g/mol. The summed E-state index contributed by atoms with van der Waals surface area (Å²) in [5.41, 5.74) is 0.622. The topological polar surface area (TPSA) is 56.4 Å². The van der Waals surface area contributed by atoms with E-state index in [9.17, 15) is 4.79 Å². The van der Waals surface area contributed by atoms with Crippen molar-refractivity contribution in [3.8, 4) is 5.75 Å². The zero-order valence-corrected chi connectivity index (χ0v) is 13.9. The van der Waals surface area contributed by atoms with Gasteiger partial charge in [0.05, 0.1) is 30.9 Å². The molecule has 3 aromatic rings. The van der Waals surface area contributed by atoms with E-state index in [2.05, 4.69) is 5.32 Å². The monoisotopic (exact) mass is 344 g/mol. The molecule has 0 aliphatic carbocycles. The average molecular weight is 345 g/mol. The smallest absolute Gasteiger partial charge is 0.226 e. The average Bonchev–Trinajstić information content (AvgIpc) is 3.26. The van der Waals surface area contributed by atoms with Gasteiger partial charge in [0.2, 0.25) is 5.91 Å². The summed E-state index contributed by atoms with van der Waals surface area (Å²) < 4.78 is 12.5. The summed E-state index contributed by atoms with van der Waals surface area (Å²) in [6.45, 7) is 0. The molecule has 0 spiro atoms. The highest BCUT2D eigenvalue weighted by molar-refractivity contribution is 6.32. The van der Waals surface area contributed by atoms with Crippen LogP contribution in [0.25, 0.3) is 0 Å². The summed E-state index contributed by atoms with van der Waals surface area (Å²) >= 11 is 6.09. The second-order valence-corrected chi connectivity index (χ2v) is 5.67. The Kier molecular flexibility index (Phi) is 4.91. The molecule has 1 atom stereocenters. The molecule has 0 radical (unpaired) electrons. The van der Waals surface area contributed by atoms with E-state index in [1.807, 2.05) is 41.2 Å². The Hall–Kier alpha value is -2.66. The molecular formula is C18H17ClN2O3. The van der Waals surface area contributed by atoms with E-state index in [0.29, 0.717) is 16.5 Å². The van der Waals surface area contributed by atoms with Crippen molar-refractivity contribution in [2.45, 2.75) is 12.5 Å². The quantitative estimate of drug-likeness (QED) is 0.722. The van der Waals surface area contributed by atoms with E-state index in [0.717, 1.165) is 5.76 Å². The summed E-state index contributed by atoms with van der Waals surface area (Å²) in [6.07, 6.45) is 5.66. The van der Waals surface area contributed by atoms with Crippen molar-refractivity contribution in [2.24, 2.45) is 0 Å². The first-order valence-electron chi connectivity index (χ1n) is 7.46. The molecule has 1 amide bonds. The van der Waals surface area contributed by atoms with E-state index in [1.54, 1.807) is 31.6 Å². The van der Waals surface area contributed by atoms with E-state index in [1.165, 1.54) is 0 Å².